The molecule has 1 heterocycles. The lowest BCUT2D eigenvalue weighted by molar-refractivity contribution is -0.137. The summed E-state index contributed by atoms with van der Waals surface area (Å²) in [5.41, 5.74) is 0.250. The van der Waals surface area contributed by atoms with E-state index in [1.165, 1.54) is 29.2 Å². The van der Waals surface area contributed by atoms with Crippen LogP contribution in [0.3, 0.4) is 0 Å². The summed E-state index contributed by atoms with van der Waals surface area (Å²) >= 11 is 0. The van der Waals surface area contributed by atoms with Gasteiger partial charge < -0.3 is 20.4 Å². The van der Waals surface area contributed by atoms with Gasteiger partial charge in [-0.25, -0.2) is 13.6 Å². The predicted molar refractivity (Wildman–Crippen MR) is 119 cm³/mol. The van der Waals surface area contributed by atoms with Crippen LogP contribution in [0.5, 0.6) is 0 Å². The van der Waals surface area contributed by atoms with Gasteiger partial charge in [0.15, 0.2) is 0 Å². The van der Waals surface area contributed by atoms with Gasteiger partial charge >= 0.3 is 6.18 Å². The highest BCUT2D eigenvalue weighted by molar-refractivity contribution is 7.94. The number of halogens is 3. The summed E-state index contributed by atoms with van der Waals surface area (Å²) in [6.07, 6.45) is -4.00. The molecular formula is C22H18F3N5O3S. The Balaban J connectivity index is 2.15. The van der Waals surface area contributed by atoms with Crippen LogP contribution in [0.2, 0.25) is 0 Å². The molecule has 0 saturated carbocycles. The quantitative estimate of drug-likeness (QED) is 0.532. The van der Waals surface area contributed by atoms with Crippen LogP contribution in [0.4, 0.5) is 24.5 Å². The van der Waals surface area contributed by atoms with Crippen LogP contribution in [-0.4, -0.2) is 28.0 Å². The number of hydrogen-bond acceptors (Lipinski definition) is 7. The van der Waals surface area contributed by atoms with Gasteiger partial charge in [-0.3, -0.25) is 0 Å². The third-order valence-electron chi connectivity index (χ3n) is 4.91. The number of ether oxygens (including phenoxy) is 1. The summed E-state index contributed by atoms with van der Waals surface area (Å²) in [5, 5.41) is 24.7. The molecule has 3 rings (SSSR count). The molecule has 0 saturated heterocycles. The van der Waals surface area contributed by atoms with Crippen LogP contribution in [0.1, 0.15) is 18.1 Å². The Morgan fingerprint density at radius 3 is 2.62 bits per heavy atom. The summed E-state index contributed by atoms with van der Waals surface area (Å²) in [6.45, 7) is 1.38. The maximum atomic E-state index is 13.2. The van der Waals surface area contributed by atoms with Gasteiger partial charge in [0.05, 0.1) is 23.6 Å². The smallest absolute Gasteiger partial charge is 0.356 e. The number of rotatable bonds is 6. The predicted octanol–water partition coefficient (Wildman–Crippen LogP) is 3.51. The number of benzene rings is 1. The van der Waals surface area contributed by atoms with Gasteiger partial charge in [-0.2, -0.15) is 18.4 Å². The normalized spacial score (nSPS) is 15.2. The highest BCUT2D eigenvalue weighted by Gasteiger charge is 2.32. The van der Waals surface area contributed by atoms with Crippen molar-refractivity contribution in [1.29, 1.82) is 10.7 Å². The van der Waals surface area contributed by atoms with E-state index in [-0.39, 0.29) is 41.5 Å². The minimum atomic E-state index is -4.55. The lowest BCUT2D eigenvalue weighted by atomic mass is 10.1. The second kappa shape index (κ2) is 9.57. The van der Waals surface area contributed by atoms with Crippen LogP contribution in [0.25, 0.3) is 0 Å². The Hall–Kier alpha value is -3.84. The number of nitriles is 1. The third kappa shape index (κ3) is 5.38. The van der Waals surface area contributed by atoms with Crippen LogP contribution in [-0.2, 0) is 20.9 Å². The first-order valence-electron chi connectivity index (χ1n) is 9.57. The minimum absolute atomic E-state index is 0.0873. The SMILES string of the molecule is CC1=C(/C(Nc2c#cc(C#N)cc2)=C(/C=N)S(N)(=O)=O)COCN1c1cccc(C(F)(F)F)c1. The molecule has 0 unspecified atom stereocenters. The molecule has 0 spiro atoms. The van der Waals surface area contributed by atoms with Crippen molar-refractivity contribution in [1.82, 2.24) is 0 Å². The van der Waals surface area contributed by atoms with Crippen molar-refractivity contribution < 1.29 is 26.3 Å². The molecule has 8 nitrogen and oxygen atoms in total. The molecule has 0 fully saturated rings. The van der Waals surface area contributed by atoms with Crippen molar-refractivity contribution in [3.63, 3.8) is 0 Å². The van der Waals surface area contributed by atoms with Crippen molar-refractivity contribution in [2.75, 3.05) is 23.6 Å². The number of sulfonamides is 1. The van der Waals surface area contributed by atoms with Gasteiger partial charge in [0.2, 0.25) is 10.0 Å². The molecule has 0 atom stereocenters. The van der Waals surface area contributed by atoms with E-state index in [1.54, 1.807) is 6.92 Å². The number of anilines is 2. The van der Waals surface area contributed by atoms with Crippen molar-refractivity contribution >= 4 is 27.6 Å². The number of allylic oxidation sites excluding steroid dienone is 2. The molecule has 0 aromatic heterocycles. The number of alkyl halides is 3. The maximum absolute atomic E-state index is 13.2. The maximum Gasteiger partial charge on any atom is 0.416 e. The van der Waals surface area contributed by atoms with Crippen LogP contribution >= 0.6 is 0 Å². The largest absolute Gasteiger partial charge is 0.416 e. The van der Waals surface area contributed by atoms with E-state index in [0.29, 0.717) is 11.9 Å². The number of nitrogens with zero attached hydrogens (tertiary/aromatic N) is 2. The lowest BCUT2D eigenvalue weighted by Crippen LogP contribution is -2.33. The molecule has 0 amide bonds. The highest BCUT2D eigenvalue weighted by atomic mass is 32.2. The van der Waals surface area contributed by atoms with Gasteiger partial charge in [-0.05, 0) is 49.4 Å². The topological polar surface area (TPSA) is 132 Å². The highest BCUT2D eigenvalue weighted by Crippen LogP contribution is 2.35. The summed E-state index contributed by atoms with van der Waals surface area (Å²) in [7, 11) is -4.39. The first kappa shape index (κ1) is 24.8. The first-order chi connectivity index (χ1) is 16.0. The summed E-state index contributed by atoms with van der Waals surface area (Å²) < 4.78 is 69.6. The van der Waals surface area contributed by atoms with Crippen molar-refractivity contribution in [3.8, 4) is 6.07 Å². The fraction of sp³-hybridized carbons (Fsp3) is 0.182. The van der Waals surface area contributed by atoms with E-state index in [1.807, 2.05) is 6.07 Å². The van der Waals surface area contributed by atoms with Gasteiger partial charge in [-0.1, -0.05) is 6.07 Å². The molecular weight excluding hydrogens is 471 g/mol. The minimum Gasteiger partial charge on any atom is -0.356 e. The number of nitrogens with one attached hydrogen (secondary N) is 2. The standard InChI is InChI=1S/C22H18F3N5O3S/c1-14-19(12-33-13-30(14)18-4-2-3-16(9-18)22(23,24)25)21(20(11-27)34(28,31)32)29-17-7-5-15(10-26)6-8-17/h2-5,7,9,11,27,29H,12-13H2,1H3,(H2,28,31,32)/b21-20+,27-11?. The molecule has 34 heavy (non-hydrogen) atoms. The summed E-state index contributed by atoms with van der Waals surface area (Å²) in [5.74, 6) is 0. The fourth-order valence-electron chi connectivity index (χ4n) is 3.21. The molecule has 0 aliphatic carbocycles. The fourth-order valence-corrected chi connectivity index (χ4v) is 3.84. The van der Waals surface area contributed by atoms with Crippen LogP contribution in [0.15, 0.2) is 58.3 Å². The van der Waals surface area contributed by atoms with Crippen LogP contribution in [0, 0.1) is 28.9 Å². The monoisotopic (exact) mass is 489 g/mol. The summed E-state index contributed by atoms with van der Waals surface area (Å²) in [4.78, 5) is 0.865. The van der Waals surface area contributed by atoms with E-state index in [2.05, 4.69) is 17.4 Å². The average Bonchev–Trinajstić information content (AvgIpc) is 2.78. The second-order valence-corrected chi connectivity index (χ2v) is 8.62. The molecule has 0 radical (unpaired) electrons. The van der Waals surface area contributed by atoms with E-state index < -0.39 is 26.7 Å². The number of hydrogen-bond donors (Lipinski definition) is 3. The Labute approximate surface area is 194 Å². The van der Waals surface area contributed by atoms with Crippen molar-refractivity contribution in [3.05, 3.63) is 81.5 Å². The van der Waals surface area contributed by atoms with Gasteiger partial charge in [0, 0.05) is 23.2 Å². The molecule has 1 aliphatic rings. The molecule has 2 aromatic carbocycles. The van der Waals surface area contributed by atoms with Crippen molar-refractivity contribution in [2.24, 2.45) is 5.14 Å². The van der Waals surface area contributed by atoms with E-state index in [4.69, 9.17) is 20.5 Å². The Bertz CT molecular complexity index is 1310. The zero-order chi connectivity index (χ0) is 25.1. The van der Waals surface area contributed by atoms with E-state index in [0.717, 1.165) is 12.1 Å². The zero-order valence-electron chi connectivity index (χ0n) is 17.7. The lowest BCUT2D eigenvalue weighted by Gasteiger charge is -2.33. The summed E-state index contributed by atoms with van der Waals surface area (Å²) in [6, 6.07) is 14.6. The number of nitrogens with two attached hydrogens (primary N) is 1. The molecule has 2 aromatic rings. The van der Waals surface area contributed by atoms with Gasteiger partial charge in [-0.15, -0.1) is 0 Å². The zero-order valence-corrected chi connectivity index (χ0v) is 18.5. The molecule has 1 aliphatic heterocycles. The number of primary sulfonamides is 1. The van der Waals surface area contributed by atoms with E-state index >= 15 is 0 Å². The second-order valence-electron chi connectivity index (χ2n) is 7.09. The van der Waals surface area contributed by atoms with E-state index in [9.17, 15) is 21.6 Å². The molecule has 4 N–H and O–H groups in total. The Morgan fingerprint density at radius 1 is 1.32 bits per heavy atom. The first-order valence-corrected chi connectivity index (χ1v) is 11.1. The average molecular weight is 489 g/mol. The third-order valence-corrected chi connectivity index (χ3v) is 5.84. The molecule has 176 valence electrons. The van der Waals surface area contributed by atoms with Crippen molar-refractivity contribution in [2.45, 2.75) is 13.1 Å². The Morgan fingerprint density at radius 2 is 2.06 bits per heavy atom. The molecule has 0 bridgehead atoms. The van der Waals surface area contributed by atoms with Gasteiger partial charge in [0.25, 0.3) is 0 Å². The Kier molecular flexibility index (Phi) is 6.98. The van der Waals surface area contributed by atoms with Gasteiger partial charge in [0.1, 0.15) is 23.3 Å². The molecule has 12 heteroatoms. The van der Waals surface area contributed by atoms with Crippen LogP contribution < -0.4 is 15.4 Å².